The van der Waals surface area contributed by atoms with Gasteiger partial charge in [0.2, 0.25) is 11.8 Å². The molecule has 3 aliphatic rings. The summed E-state index contributed by atoms with van der Waals surface area (Å²) in [6.07, 6.45) is 6.43. The van der Waals surface area contributed by atoms with Gasteiger partial charge < -0.3 is 24.4 Å². The minimum Gasteiger partial charge on any atom is -0.461 e. The molecule has 0 aromatic rings. The van der Waals surface area contributed by atoms with E-state index >= 15 is 0 Å². The van der Waals surface area contributed by atoms with Crippen molar-refractivity contribution in [2.24, 2.45) is 11.8 Å². The van der Waals surface area contributed by atoms with Crippen LogP contribution in [0.15, 0.2) is 25.3 Å². The SMILES string of the molecule is C=CCOC(=O)[C@H]1[C@H]2C(=O)N([C@@H](CC)CO)C(C(=O)N(CC=C)CCCC)C23CC[C@]1(C)O3. The number of rotatable bonds is 12. The Bertz CT molecular complexity index is 796. The second kappa shape index (κ2) is 9.97. The fraction of sp³-hybridized carbons (Fsp3) is 0.720. The summed E-state index contributed by atoms with van der Waals surface area (Å²) in [7, 11) is 0. The van der Waals surface area contributed by atoms with Crippen molar-refractivity contribution in [2.75, 3.05) is 26.3 Å². The Labute approximate surface area is 196 Å². The molecular weight excluding hydrogens is 424 g/mol. The predicted molar refractivity (Wildman–Crippen MR) is 123 cm³/mol. The lowest BCUT2D eigenvalue weighted by Gasteiger charge is -2.39. The predicted octanol–water partition coefficient (Wildman–Crippen LogP) is 2.07. The van der Waals surface area contributed by atoms with Crippen LogP contribution in [0.3, 0.4) is 0 Å². The fourth-order valence-corrected chi connectivity index (χ4v) is 6.01. The number of nitrogens with zero attached hydrogens (tertiary/aromatic N) is 2. The summed E-state index contributed by atoms with van der Waals surface area (Å²) in [6.45, 7) is 13.8. The summed E-state index contributed by atoms with van der Waals surface area (Å²) >= 11 is 0. The summed E-state index contributed by atoms with van der Waals surface area (Å²) in [5.41, 5.74) is -1.99. The molecule has 3 fully saturated rings. The van der Waals surface area contributed by atoms with Crippen LogP contribution in [0.25, 0.3) is 0 Å². The van der Waals surface area contributed by atoms with Gasteiger partial charge in [-0.15, -0.1) is 6.58 Å². The Morgan fingerprint density at radius 3 is 2.64 bits per heavy atom. The van der Waals surface area contributed by atoms with E-state index in [0.717, 1.165) is 12.8 Å². The first-order chi connectivity index (χ1) is 15.8. The third-order valence-electron chi connectivity index (χ3n) is 7.56. The van der Waals surface area contributed by atoms with Crippen molar-refractivity contribution < 1.29 is 29.0 Å². The second-order valence-electron chi connectivity index (χ2n) is 9.56. The average molecular weight is 463 g/mol. The molecule has 0 aromatic heterocycles. The molecule has 0 aromatic carbocycles. The minimum absolute atomic E-state index is 0.0454. The van der Waals surface area contributed by atoms with E-state index in [1.165, 1.54) is 11.0 Å². The number of aliphatic hydroxyl groups is 1. The number of ether oxygens (including phenoxy) is 2. The number of hydrogen-bond acceptors (Lipinski definition) is 6. The van der Waals surface area contributed by atoms with Gasteiger partial charge in [-0.2, -0.15) is 0 Å². The number of fused-ring (bicyclic) bond motifs is 1. The molecule has 2 bridgehead atoms. The topological polar surface area (TPSA) is 96.4 Å². The first-order valence-electron chi connectivity index (χ1n) is 12.1. The molecule has 3 saturated heterocycles. The number of hydrogen-bond donors (Lipinski definition) is 1. The molecule has 184 valence electrons. The van der Waals surface area contributed by atoms with Crippen LogP contribution in [0.1, 0.15) is 52.9 Å². The number of aliphatic hydroxyl groups excluding tert-OH is 1. The molecule has 0 aliphatic carbocycles. The highest BCUT2D eigenvalue weighted by molar-refractivity contribution is 5.98. The number of esters is 1. The molecule has 1 spiro atoms. The quantitative estimate of drug-likeness (QED) is 0.352. The van der Waals surface area contributed by atoms with Crippen molar-refractivity contribution in [3.8, 4) is 0 Å². The van der Waals surface area contributed by atoms with Gasteiger partial charge in [0.15, 0.2) is 0 Å². The smallest absolute Gasteiger partial charge is 0.313 e. The van der Waals surface area contributed by atoms with E-state index in [-0.39, 0.29) is 25.0 Å². The maximum atomic E-state index is 14.0. The van der Waals surface area contributed by atoms with Gasteiger partial charge in [0.1, 0.15) is 24.2 Å². The van der Waals surface area contributed by atoms with E-state index in [0.29, 0.717) is 32.4 Å². The number of unbranched alkanes of at least 4 members (excludes halogenated alkanes) is 1. The van der Waals surface area contributed by atoms with Crippen LogP contribution in [0.5, 0.6) is 0 Å². The van der Waals surface area contributed by atoms with E-state index < -0.39 is 41.1 Å². The lowest BCUT2D eigenvalue weighted by molar-refractivity contribution is -0.161. The van der Waals surface area contributed by atoms with Gasteiger partial charge in [0.05, 0.1) is 24.2 Å². The van der Waals surface area contributed by atoms with Gasteiger partial charge in [0.25, 0.3) is 0 Å². The van der Waals surface area contributed by atoms with Crippen molar-refractivity contribution in [3.63, 3.8) is 0 Å². The Balaban J connectivity index is 2.08. The zero-order valence-corrected chi connectivity index (χ0v) is 20.1. The summed E-state index contributed by atoms with van der Waals surface area (Å²) < 4.78 is 11.9. The average Bonchev–Trinajstić information content (AvgIpc) is 3.37. The maximum absolute atomic E-state index is 14.0. The number of carbonyl (C=O) groups is 3. The molecule has 1 N–H and O–H groups in total. The number of carbonyl (C=O) groups excluding carboxylic acids is 3. The maximum Gasteiger partial charge on any atom is 0.313 e. The molecule has 0 radical (unpaired) electrons. The normalized spacial score (nSPS) is 33.0. The van der Waals surface area contributed by atoms with Crippen LogP contribution in [-0.2, 0) is 23.9 Å². The van der Waals surface area contributed by atoms with Crippen LogP contribution < -0.4 is 0 Å². The molecule has 33 heavy (non-hydrogen) atoms. The first kappa shape index (κ1) is 25.4. The zero-order valence-electron chi connectivity index (χ0n) is 20.1. The highest BCUT2D eigenvalue weighted by atomic mass is 16.6. The standard InChI is InChI=1S/C25H38N2O6/c1-6-10-14-26(13-7-2)22(30)20-25-12-11-24(5,33-25)19(23(31)32-15-8-3)18(25)21(29)27(20)17(9-4)16-28/h7-8,17-20,28H,2-3,6,9-16H2,1,4-5H3/t17-,18-,19+,20?,24-,25?/m0/s1. The van der Waals surface area contributed by atoms with Crippen LogP contribution in [0.4, 0.5) is 0 Å². The van der Waals surface area contributed by atoms with Crippen molar-refractivity contribution in [1.29, 1.82) is 0 Å². The largest absolute Gasteiger partial charge is 0.461 e. The van der Waals surface area contributed by atoms with Gasteiger partial charge in [-0.25, -0.2) is 0 Å². The van der Waals surface area contributed by atoms with E-state index in [1.807, 2.05) is 13.8 Å². The summed E-state index contributed by atoms with van der Waals surface area (Å²) in [4.78, 5) is 44.2. The molecule has 2 unspecified atom stereocenters. The highest BCUT2D eigenvalue weighted by Crippen LogP contribution is 2.63. The number of likely N-dealkylation sites (tertiary alicyclic amines) is 1. The van der Waals surface area contributed by atoms with Crippen molar-refractivity contribution >= 4 is 17.8 Å². The summed E-state index contributed by atoms with van der Waals surface area (Å²) in [5, 5.41) is 10.1. The molecule has 6 atom stereocenters. The summed E-state index contributed by atoms with van der Waals surface area (Å²) in [6, 6.07) is -1.44. The van der Waals surface area contributed by atoms with Gasteiger partial charge in [-0.1, -0.05) is 39.0 Å². The lowest BCUT2D eigenvalue weighted by Crippen LogP contribution is -2.58. The Morgan fingerprint density at radius 2 is 2.06 bits per heavy atom. The second-order valence-corrected chi connectivity index (χ2v) is 9.56. The Morgan fingerprint density at radius 1 is 1.33 bits per heavy atom. The number of amides is 2. The fourth-order valence-electron chi connectivity index (χ4n) is 6.01. The van der Waals surface area contributed by atoms with Crippen molar-refractivity contribution in [3.05, 3.63) is 25.3 Å². The van der Waals surface area contributed by atoms with E-state index in [1.54, 1.807) is 11.0 Å². The van der Waals surface area contributed by atoms with E-state index in [9.17, 15) is 19.5 Å². The van der Waals surface area contributed by atoms with Gasteiger partial charge in [-0.05, 0) is 32.6 Å². The van der Waals surface area contributed by atoms with Crippen LogP contribution in [0.2, 0.25) is 0 Å². The summed E-state index contributed by atoms with van der Waals surface area (Å²) in [5.74, 6) is -2.65. The van der Waals surface area contributed by atoms with Crippen molar-refractivity contribution in [2.45, 2.75) is 76.2 Å². The molecule has 2 amide bonds. The molecule has 0 saturated carbocycles. The first-order valence-corrected chi connectivity index (χ1v) is 12.1. The Hall–Kier alpha value is -2.19. The molecular formula is C25H38N2O6. The molecule has 3 aliphatic heterocycles. The van der Waals surface area contributed by atoms with Crippen molar-refractivity contribution in [1.82, 2.24) is 9.80 Å². The van der Waals surface area contributed by atoms with Crippen LogP contribution >= 0.6 is 0 Å². The van der Waals surface area contributed by atoms with Gasteiger partial charge in [0, 0.05) is 13.1 Å². The third-order valence-corrected chi connectivity index (χ3v) is 7.56. The molecule has 8 nitrogen and oxygen atoms in total. The van der Waals surface area contributed by atoms with E-state index in [4.69, 9.17) is 9.47 Å². The van der Waals surface area contributed by atoms with Crippen LogP contribution in [-0.4, -0.2) is 82.3 Å². The van der Waals surface area contributed by atoms with Crippen LogP contribution in [0, 0.1) is 11.8 Å². The highest BCUT2D eigenvalue weighted by Gasteiger charge is 2.79. The Kier molecular flexibility index (Phi) is 7.69. The zero-order chi connectivity index (χ0) is 24.4. The molecule has 3 heterocycles. The lowest BCUT2D eigenvalue weighted by atomic mass is 9.66. The molecule has 8 heteroatoms. The van der Waals surface area contributed by atoms with Gasteiger partial charge >= 0.3 is 5.97 Å². The van der Waals surface area contributed by atoms with E-state index in [2.05, 4.69) is 20.1 Å². The third kappa shape index (κ3) is 4.01. The monoisotopic (exact) mass is 462 g/mol. The van der Waals surface area contributed by atoms with Gasteiger partial charge in [-0.3, -0.25) is 14.4 Å². The molecule has 3 rings (SSSR count). The minimum atomic E-state index is -1.12.